The maximum absolute atomic E-state index is 8.12. The minimum absolute atomic E-state index is 0.319. The van der Waals surface area contributed by atoms with Crippen LogP contribution in [0.3, 0.4) is 0 Å². The van der Waals surface area contributed by atoms with Gasteiger partial charge < -0.3 is 22.1 Å². The van der Waals surface area contributed by atoms with Gasteiger partial charge in [-0.05, 0) is 176 Å². The molecule has 0 aliphatic heterocycles. The van der Waals surface area contributed by atoms with E-state index in [1.165, 1.54) is 76.5 Å². The Kier molecular flexibility index (Phi) is 19.4. The van der Waals surface area contributed by atoms with Crippen LogP contribution in [0.25, 0.3) is 220 Å². The Bertz CT molecular complexity index is 9110. The maximum atomic E-state index is 8.12. The zero-order valence-electron chi connectivity index (χ0n) is 77.9. The average molecular weight is 1700 g/mol. The molecule has 0 spiro atoms. The predicted octanol–water partition coefficient (Wildman–Crippen LogP) is 26.2. The molecule has 10 heterocycles. The molecule has 130 heavy (non-hydrogen) atoms. The van der Waals surface area contributed by atoms with Crippen molar-refractivity contribution in [2.45, 2.75) is 69.2 Å². The van der Waals surface area contributed by atoms with Crippen molar-refractivity contribution in [3.63, 3.8) is 0 Å². The van der Waals surface area contributed by atoms with Gasteiger partial charge in [0.15, 0.2) is 18.1 Å². The summed E-state index contributed by atoms with van der Waals surface area (Å²) >= 11 is 0. The van der Waals surface area contributed by atoms with Crippen LogP contribution in [0.2, 0.25) is 0 Å². The van der Waals surface area contributed by atoms with Gasteiger partial charge in [0.25, 0.3) is 19.0 Å². The van der Waals surface area contributed by atoms with E-state index in [4.69, 9.17) is 26.2 Å². The Morgan fingerprint density at radius 1 is 0.246 bits per heavy atom. The first-order valence-corrected chi connectivity index (χ1v) is 43.7. The lowest BCUT2D eigenvalue weighted by Gasteiger charge is -2.10. The molecule has 15 nitrogen and oxygen atoms in total. The van der Waals surface area contributed by atoms with Crippen molar-refractivity contribution in [3.05, 3.63) is 361 Å². The SMILES string of the molecule is Cc1c[n+](C)c(-c2c(C)ccc3c2oc2c4ccccc4ccc32)cn1.Cc1cc(-c2c(C)c(C)cc3c2oc2c4ccccc4ccc32)[n+](C)cn1.Cc1cc2c(oc3c4ccccc4ccc23)c(-c2ccnc[n+]2C)c1C.Cc1ccc2c(oc3c4ccccc4ccc23)c1-c1cncc[n+]1C.[2H]C([2H])([2H])c1cc(C)c(-c2ccnc[n+]2C)c2oc3c4ccccc4ccc3c12. The van der Waals surface area contributed by atoms with Crippen molar-refractivity contribution < 1.29 is 49.0 Å². The van der Waals surface area contributed by atoms with E-state index in [1.807, 2.05) is 150 Å². The monoisotopic (exact) mass is 1700 g/mol. The summed E-state index contributed by atoms with van der Waals surface area (Å²) < 4.78 is 67.0. The zero-order valence-corrected chi connectivity index (χ0v) is 74.9. The lowest BCUT2D eigenvalue weighted by Crippen LogP contribution is -2.31. The zero-order chi connectivity index (χ0) is 91.7. The quantitative estimate of drug-likeness (QED) is 0.152. The van der Waals surface area contributed by atoms with E-state index >= 15 is 0 Å². The highest BCUT2D eigenvalue weighted by molar-refractivity contribution is 6.23. The smallest absolute Gasteiger partial charge is 0.286 e. The summed E-state index contributed by atoms with van der Waals surface area (Å²) in [5, 5.41) is 22.2. The lowest BCUT2D eigenvalue weighted by molar-refractivity contribution is -0.663. The minimum Gasteiger partial charge on any atom is -0.455 e. The summed E-state index contributed by atoms with van der Waals surface area (Å²) in [6.07, 6.45) is 18.6. The maximum Gasteiger partial charge on any atom is 0.286 e. The third-order valence-electron chi connectivity index (χ3n) is 26.1. The fraction of sp³-hybridized carbons (Fsp3) is 0.130. The molecule has 0 radical (unpaired) electrons. The van der Waals surface area contributed by atoms with Gasteiger partial charge in [0, 0.05) is 110 Å². The van der Waals surface area contributed by atoms with Crippen molar-refractivity contribution in [3.8, 4) is 56.3 Å². The molecular weight excluding hydrogens is 1600 g/mol. The second-order valence-corrected chi connectivity index (χ2v) is 34.3. The summed E-state index contributed by atoms with van der Waals surface area (Å²) in [6, 6.07) is 83.9. The highest BCUT2D eigenvalue weighted by atomic mass is 16.3. The Morgan fingerprint density at radius 3 is 1.05 bits per heavy atom. The van der Waals surface area contributed by atoms with Crippen LogP contribution < -0.4 is 22.8 Å². The number of furan rings is 5. The summed E-state index contributed by atoms with van der Waals surface area (Å²) in [7, 11) is 10.1. The Morgan fingerprint density at radius 2 is 0.615 bits per heavy atom. The van der Waals surface area contributed by atoms with Gasteiger partial charge >= 0.3 is 0 Å². The molecule has 0 unspecified atom stereocenters. The number of fused-ring (bicyclic) bond motifs is 25. The summed E-state index contributed by atoms with van der Waals surface area (Å²) in [5.74, 6) is 0. The lowest BCUT2D eigenvalue weighted by atomic mass is 9.96. The van der Waals surface area contributed by atoms with Gasteiger partial charge in [0.1, 0.15) is 105 Å². The van der Waals surface area contributed by atoms with Crippen LogP contribution in [-0.4, -0.2) is 24.9 Å². The number of benzene rings is 15. The molecule has 630 valence electrons. The van der Waals surface area contributed by atoms with Crippen molar-refractivity contribution in [2.75, 3.05) is 0 Å². The van der Waals surface area contributed by atoms with E-state index < -0.39 is 6.85 Å². The normalized spacial score (nSPS) is 12.1. The van der Waals surface area contributed by atoms with Gasteiger partial charge in [-0.25, -0.2) is 18.7 Å². The third kappa shape index (κ3) is 13.7. The second kappa shape index (κ2) is 32.5. The standard InChI is InChI=1S/C24H21N2O.3C23H19N2O.C22H17N2O/c1-14-11-20-19-10-9-17-7-5-6-8-18(17)23(19)27-24(20)22(16(14)3)21-12-15(2)25-13-26(21)4;1-14-8-10-19-18-11-9-16-6-4-5-7-17(16)22(18)26-23(19)21(14)20-12-24-15(2)13-25(20)3;1-14-12-19-18-9-8-16-6-4-5-7-17(16)22(18)26-23(19)21(15(14)2)20-10-11-24-13-25(20)3;1-14-12-15(2)21(19-10-11-24-13-25(19)3)23-20(14)18-9-8-16-6-4-5-7-17(16)22(18)26-23;1-14-7-9-18-17-10-8-15-5-3-4-6-16(15)21(17)25-22(18)20(14)19-13-23-11-12-24(19)2/h5-13H,1-4H3;3*4-13H,1-3H3;3-13H,1-2H3/q5*+1/i;;;1D3;. The Labute approximate surface area is 754 Å². The molecular formula is C115H95N10O5+5. The highest BCUT2D eigenvalue weighted by Crippen LogP contribution is 2.47. The topological polar surface area (TPSA) is 150 Å². The molecule has 25 rings (SSSR count). The van der Waals surface area contributed by atoms with Crippen LogP contribution in [0, 0.1) is 69.2 Å². The molecule has 25 aromatic rings. The number of aromatic nitrogens is 10. The summed E-state index contributed by atoms with van der Waals surface area (Å²) in [4.78, 5) is 21.6. The first-order chi connectivity index (χ1) is 64.4. The Hall–Kier alpha value is -16.0. The highest BCUT2D eigenvalue weighted by Gasteiger charge is 2.29. The first kappa shape index (κ1) is 77.6. The van der Waals surface area contributed by atoms with Crippen LogP contribution in [-0.2, 0) is 35.2 Å². The van der Waals surface area contributed by atoms with Gasteiger partial charge in [-0.3, -0.25) is 4.98 Å². The molecule has 0 atom stereocenters. The number of aryl methyl sites for hydroxylation is 13. The number of hydrogen-bond donors (Lipinski definition) is 0. The molecule has 0 aliphatic rings. The average Bonchev–Trinajstić information content (AvgIpc) is 1.58. The Balaban J connectivity index is 0.000000100. The molecule has 0 fully saturated rings. The molecule has 0 saturated heterocycles. The van der Waals surface area contributed by atoms with Crippen LogP contribution in [0.1, 0.15) is 60.0 Å². The van der Waals surface area contributed by atoms with Crippen molar-refractivity contribution in [2.24, 2.45) is 35.2 Å². The van der Waals surface area contributed by atoms with E-state index in [0.29, 0.717) is 22.1 Å². The van der Waals surface area contributed by atoms with Gasteiger partial charge in [-0.1, -0.05) is 197 Å². The largest absolute Gasteiger partial charge is 0.455 e. The molecule has 15 aromatic carbocycles. The van der Waals surface area contributed by atoms with Crippen molar-refractivity contribution in [1.29, 1.82) is 0 Å². The van der Waals surface area contributed by atoms with Crippen molar-refractivity contribution in [1.82, 2.24) is 24.9 Å². The van der Waals surface area contributed by atoms with Crippen LogP contribution in [0.4, 0.5) is 0 Å². The molecule has 15 heteroatoms. The van der Waals surface area contributed by atoms with Gasteiger partial charge in [-0.2, -0.15) is 9.13 Å². The van der Waals surface area contributed by atoms with Crippen LogP contribution in [0.5, 0.6) is 0 Å². The second-order valence-electron chi connectivity index (χ2n) is 34.3. The number of hydrogen-bond acceptors (Lipinski definition) is 10. The minimum atomic E-state index is -2.25. The van der Waals surface area contributed by atoms with Gasteiger partial charge in [0.2, 0.25) is 11.4 Å². The molecule has 0 bridgehead atoms. The van der Waals surface area contributed by atoms with E-state index in [9.17, 15) is 0 Å². The number of rotatable bonds is 5. The molecule has 0 N–H and O–H groups in total. The predicted molar refractivity (Wildman–Crippen MR) is 526 cm³/mol. The van der Waals surface area contributed by atoms with E-state index in [-0.39, 0.29) is 0 Å². The van der Waals surface area contributed by atoms with Gasteiger partial charge in [0.05, 0.1) is 67.6 Å². The fourth-order valence-electron chi connectivity index (χ4n) is 19.2. The third-order valence-corrected chi connectivity index (χ3v) is 26.1. The molecule has 0 saturated carbocycles. The fourth-order valence-corrected chi connectivity index (χ4v) is 19.2. The summed E-state index contributed by atoms with van der Waals surface area (Å²) in [5.41, 5.74) is 30.1. The van der Waals surface area contributed by atoms with E-state index in [1.54, 1.807) is 24.8 Å². The van der Waals surface area contributed by atoms with Crippen molar-refractivity contribution >= 4 is 164 Å². The van der Waals surface area contributed by atoms with Crippen LogP contribution >= 0.6 is 0 Å². The molecule has 10 aromatic heterocycles. The first-order valence-electron chi connectivity index (χ1n) is 45.2. The van der Waals surface area contributed by atoms with Gasteiger partial charge in [-0.15, -0.1) is 0 Å². The van der Waals surface area contributed by atoms with Crippen LogP contribution in [0.15, 0.2) is 327 Å². The summed E-state index contributed by atoms with van der Waals surface area (Å²) in [6.45, 7) is 16.6. The number of nitrogens with zero attached hydrogens (tertiary/aromatic N) is 10. The van der Waals surface area contributed by atoms with E-state index in [0.717, 1.165) is 177 Å². The molecule has 0 aliphatic carbocycles. The molecule has 0 amide bonds. The van der Waals surface area contributed by atoms with E-state index in [2.05, 4.69) is 275 Å².